The molecule has 0 spiro atoms. The second-order valence-electron chi connectivity index (χ2n) is 2.96. The Morgan fingerprint density at radius 2 is 1.60 bits per heavy atom. The Bertz CT molecular complexity index is 458. The number of para-hydroxylation sites is 1. The van der Waals surface area contributed by atoms with Gasteiger partial charge in [0.25, 0.3) is 11.8 Å². The van der Waals surface area contributed by atoms with Crippen molar-refractivity contribution >= 4 is 23.8 Å². The van der Waals surface area contributed by atoms with Crippen LogP contribution in [-0.2, 0) is 14.4 Å². The van der Waals surface area contributed by atoms with Gasteiger partial charge in [0.1, 0.15) is 0 Å². The highest BCUT2D eigenvalue weighted by molar-refractivity contribution is 6.29. The molecule has 0 saturated heterocycles. The van der Waals surface area contributed by atoms with E-state index in [4.69, 9.17) is 0 Å². The first kappa shape index (κ1) is 9.33. The first-order valence-corrected chi connectivity index (χ1v) is 4.27. The third-order valence-corrected chi connectivity index (χ3v) is 2.06. The van der Waals surface area contributed by atoms with Crippen LogP contribution in [0.3, 0.4) is 0 Å². The van der Waals surface area contributed by atoms with Gasteiger partial charge in [-0.05, 0) is 12.1 Å². The molecular formula is C11H6NO3. The summed E-state index contributed by atoms with van der Waals surface area (Å²) in [4.78, 5) is 34.2. The second kappa shape index (κ2) is 3.49. The molecule has 0 saturated carbocycles. The topological polar surface area (TPSA) is 54.5 Å². The number of carbonyl (C=O) groups is 2. The number of amides is 2. The molecule has 1 aromatic carbocycles. The van der Waals surface area contributed by atoms with Gasteiger partial charge in [0.05, 0.1) is 11.3 Å². The van der Waals surface area contributed by atoms with Gasteiger partial charge < -0.3 is 0 Å². The van der Waals surface area contributed by atoms with Gasteiger partial charge in [-0.2, -0.15) is 0 Å². The molecule has 2 rings (SSSR count). The predicted molar refractivity (Wildman–Crippen MR) is 52.9 cm³/mol. The van der Waals surface area contributed by atoms with Crippen molar-refractivity contribution in [3.05, 3.63) is 42.0 Å². The molecule has 1 aliphatic rings. The fourth-order valence-corrected chi connectivity index (χ4v) is 1.39. The maximum atomic E-state index is 11.3. The first-order chi connectivity index (χ1) is 7.24. The predicted octanol–water partition coefficient (Wildman–Crippen LogP) is 0.574. The van der Waals surface area contributed by atoms with Gasteiger partial charge in [-0.25, -0.2) is 4.90 Å². The van der Waals surface area contributed by atoms with Crippen molar-refractivity contribution in [1.82, 2.24) is 0 Å². The Labute approximate surface area is 85.8 Å². The first-order valence-electron chi connectivity index (χ1n) is 4.27. The quantitative estimate of drug-likeness (QED) is 0.656. The van der Waals surface area contributed by atoms with Crippen molar-refractivity contribution < 1.29 is 14.4 Å². The average Bonchev–Trinajstić information content (AvgIpc) is 2.59. The van der Waals surface area contributed by atoms with Crippen molar-refractivity contribution in [3.63, 3.8) is 0 Å². The molecule has 2 amide bonds. The third kappa shape index (κ3) is 1.46. The van der Waals surface area contributed by atoms with Crippen LogP contribution in [0, 0.1) is 0 Å². The largest absolute Gasteiger partial charge is 0.285 e. The molecular weight excluding hydrogens is 194 g/mol. The molecule has 0 unspecified atom stereocenters. The van der Waals surface area contributed by atoms with Crippen LogP contribution in [0.25, 0.3) is 0 Å². The summed E-state index contributed by atoms with van der Waals surface area (Å²) in [5.74, 6) is -0.884. The van der Waals surface area contributed by atoms with E-state index >= 15 is 0 Å². The van der Waals surface area contributed by atoms with Gasteiger partial charge in [-0.3, -0.25) is 14.4 Å². The number of hydrogen-bond donors (Lipinski definition) is 0. The van der Waals surface area contributed by atoms with Gasteiger partial charge >= 0.3 is 0 Å². The molecule has 15 heavy (non-hydrogen) atoms. The Morgan fingerprint density at radius 1 is 1.00 bits per heavy atom. The minimum atomic E-state index is -0.442. The summed E-state index contributed by atoms with van der Waals surface area (Å²) < 4.78 is 0. The number of imide groups is 1. The number of carbonyl (C=O) groups excluding carboxylic acids is 3. The van der Waals surface area contributed by atoms with Gasteiger partial charge in [-0.1, -0.05) is 12.1 Å². The highest BCUT2D eigenvalue weighted by Gasteiger charge is 2.26. The summed E-state index contributed by atoms with van der Waals surface area (Å²) in [6.07, 6.45) is 4.03. The van der Waals surface area contributed by atoms with Crippen LogP contribution in [0.2, 0.25) is 0 Å². The van der Waals surface area contributed by atoms with Gasteiger partial charge in [0.15, 0.2) is 0 Å². The van der Waals surface area contributed by atoms with Crippen LogP contribution in [0.1, 0.15) is 5.56 Å². The minimum Gasteiger partial charge on any atom is -0.285 e. The molecule has 0 atom stereocenters. The number of hydrogen-bond acceptors (Lipinski definition) is 3. The minimum absolute atomic E-state index is 0.197. The van der Waals surface area contributed by atoms with Crippen LogP contribution in [0.5, 0.6) is 0 Å². The van der Waals surface area contributed by atoms with E-state index in [1.54, 1.807) is 18.4 Å². The summed E-state index contributed by atoms with van der Waals surface area (Å²) in [5, 5.41) is 0. The highest BCUT2D eigenvalue weighted by atomic mass is 16.2. The van der Waals surface area contributed by atoms with Crippen molar-refractivity contribution in [2.75, 3.05) is 4.90 Å². The van der Waals surface area contributed by atoms with Crippen LogP contribution in [0.4, 0.5) is 5.69 Å². The van der Waals surface area contributed by atoms with E-state index in [2.05, 4.69) is 0 Å². The van der Waals surface area contributed by atoms with E-state index in [1.807, 2.05) is 0 Å². The number of rotatable bonds is 2. The SMILES string of the molecule is O=[C]c1ccccc1N1C(=O)C=CC1=O. The van der Waals surface area contributed by atoms with Crippen LogP contribution < -0.4 is 4.90 Å². The zero-order valence-corrected chi connectivity index (χ0v) is 7.64. The molecule has 0 N–H and O–H groups in total. The zero-order valence-electron chi connectivity index (χ0n) is 7.64. The smallest absolute Gasteiger partial charge is 0.258 e. The molecule has 1 aromatic rings. The van der Waals surface area contributed by atoms with Crippen molar-refractivity contribution in [3.8, 4) is 0 Å². The standard InChI is InChI=1S/C11H6NO3/c13-7-8-3-1-2-4-9(8)12-10(14)5-6-11(12)15/h1-6H. The van der Waals surface area contributed by atoms with Crippen LogP contribution in [0.15, 0.2) is 36.4 Å². The zero-order chi connectivity index (χ0) is 10.8. The highest BCUT2D eigenvalue weighted by Crippen LogP contribution is 2.21. The lowest BCUT2D eigenvalue weighted by molar-refractivity contribution is -0.119. The number of benzene rings is 1. The fourth-order valence-electron chi connectivity index (χ4n) is 1.39. The number of anilines is 1. The van der Waals surface area contributed by atoms with Gasteiger partial charge in [0, 0.05) is 12.2 Å². The van der Waals surface area contributed by atoms with Crippen LogP contribution >= 0.6 is 0 Å². The van der Waals surface area contributed by atoms with E-state index in [0.717, 1.165) is 4.90 Å². The third-order valence-electron chi connectivity index (χ3n) is 2.06. The lowest BCUT2D eigenvalue weighted by Gasteiger charge is -2.14. The molecule has 4 heteroatoms. The number of nitrogens with zero attached hydrogens (tertiary/aromatic N) is 1. The molecule has 0 bridgehead atoms. The Morgan fingerprint density at radius 3 is 2.20 bits per heavy atom. The summed E-state index contributed by atoms with van der Waals surface area (Å²) >= 11 is 0. The summed E-state index contributed by atoms with van der Waals surface area (Å²) in [7, 11) is 0. The molecule has 0 aromatic heterocycles. The normalized spacial score (nSPS) is 14.8. The summed E-state index contributed by atoms with van der Waals surface area (Å²) in [6.45, 7) is 0. The van der Waals surface area contributed by atoms with Crippen molar-refractivity contribution in [2.24, 2.45) is 0 Å². The van der Waals surface area contributed by atoms with E-state index < -0.39 is 11.8 Å². The molecule has 1 radical (unpaired) electrons. The maximum absolute atomic E-state index is 11.3. The summed E-state index contributed by atoms with van der Waals surface area (Å²) in [6, 6.07) is 6.32. The monoisotopic (exact) mass is 200 g/mol. The Hall–Kier alpha value is -2.23. The maximum Gasteiger partial charge on any atom is 0.258 e. The van der Waals surface area contributed by atoms with Gasteiger partial charge in [-0.15, -0.1) is 0 Å². The van der Waals surface area contributed by atoms with Crippen LogP contribution in [-0.4, -0.2) is 18.1 Å². The Balaban J connectivity index is 2.50. The molecule has 1 heterocycles. The second-order valence-corrected chi connectivity index (χ2v) is 2.96. The van der Waals surface area contributed by atoms with Crippen molar-refractivity contribution in [2.45, 2.75) is 0 Å². The van der Waals surface area contributed by atoms with E-state index in [9.17, 15) is 14.4 Å². The Kier molecular flexibility index (Phi) is 2.17. The molecule has 0 fully saturated rings. The lowest BCUT2D eigenvalue weighted by atomic mass is 10.2. The molecule has 1 aliphatic heterocycles. The molecule has 0 aliphatic carbocycles. The lowest BCUT2D eigenvalue weighted by Crippen LogP contribution is -2.30. The van der Waals surface area contributed by atoms with E-state index in [-0.39, 0.29) is 11.3 Å². The van der Waals surface area contributed by atoms with E-state index in [1.165, 1.54) is 24.3 Å². The fraction of sp³-hybridized carbons (Fsp3) is 0. The van der Waals surface area contributed by atoms with Crippen molar-refractivity contribution in [1.29, 1.82) is 0 Å². The molecule has 4 nitrogen and oxygen atoms in total. The van der Waals surface area contributed by atoms with E-state index in [0.29, 0.717) is 0 Å². The molecule has 73 valence electrons. The van der Waals surface area contributed by atoms with Gasteiger partial charge in [0.2, 0.25) is 6.29 Å². The average molecular weight is 200 g/mol. The summed E-state index contributed by atoms with van der Waals surface area (Å²) in [5.41, 5.74) is 0.468.